The quantitative estimate of drug-likeness (QED) is 0.794. The number of nitrogens with zero attached hydrogens (tertiary/aromatic N) is 3. The van der Waals surface area contributed by atoms with Gasteiger partial charge < -0.3 is 4.84 Å². The topological polar surface area (TPSA) is 38.3 Å². The molecule has 1 saturated heterocycles. The highest BCUT2D eigenvalue weighted by Gasteiger charge is 2.13. The molecule has 1 aromatic carbocycles. The molecule has 22 heavy (non-hydrogen) atoms. The summed E-state index contributed by atoms with van der Waals surface area (Å²) >= 11 is 1.51. The predicted octanol–water partition coefficient (Wildman–Crippen LogP) is 5.04. The Kier molecular flexibility index (Phi) is 8.06. The third-order valence-corrected chi connectivity index (χ3v) is 4.29. The van der Waals surface area contributed by atoms with Crippen LogP contribution in [0.2, 0.25) is 0 Å². The van der Waals surface area contributed by atoms with E-state index >= 15 is 0 Å². The fourth-order valence-electron chi connectivity index (χ4n) is 2.36. The Balaban J connectivity index is 0.00000121. The summed E-state index contributed by atoms with van der Waals surface area (Å²) in [5.74, 6) is 0. The van der Waals surface area contributed by atoms with Crippen molar-refractivity contribution in [3.8, 4) is 15.8 Å². The Morgan fingerprint density at radius 1 is 0.864 bits per heavy atom. The van der Waals surface area contributed by atoms with Crippen LogP contribution >= 0.6 is 11.3 Å². The van der Waals surface area contributed by atoms with Crippen molar-refractivity contribution in [2.75, 3.05) is 13.1 Å². The van der Waals surface area contributed by atoms with Gasteiger partial charge in [0.2, 0.25) is 0 Å². The van der Waals surface area contributed by atoms with Crippen LogP contribution < -0.4 is 4.84 Å². The van der Waals surface area contributed by atoms with Gasteiger partial charge in [0.1, 0.15) is 0 Å². The van der Waals surface area contributed by atoms with Crippen LogP contribution in [0.25, 0.3) is 10.6 Å². The van der Waals surface area contributed by atoms with Gasteiger partial charge in [-0.15, -0.1) is 10.2 Å². The summed E-state index contributed by atoms with van der Waals surface area (Å²) in [5.41, 5.74) is 1.09. The third kappa shape index (κ3) is 5.07. The lowest BCUT2D eigenvalue weighted by Crippen LogP contribution is -2.30. The fraction of sp³-hybridized carbons (Fsp3) is 0.529. The second-order valence-electron chi connectivity index (χ2n) is 5.03. The van der Waals surface area contributed by atoms with Crippen LogP contribution in [0.1, 0.15) is 47.0 Å². The summed E-state index contributed by atoms with van der Waals surface area (Å²) in [6.07, 6.45) is 6.34. The third-order valence-electron chi connectivity index (χ3n) is 3.45. The van der Waals surface area contributed by atoms with Crippen molar-refractivity contribution in [3.63, 3.8) is 0 Å². The number of hydrogen-bond acceptors (Lipinski definition) is 5. The van der Waals surface area contributed by atoms with Crippen LogP contribution in [0, 0.1) is 0 Å². The molecule has 0 N–H and O–H groups in total. The lowest BCUT2D eigenvalue weighted by Gasteiger charge is -2.22. The van der Waals surface area contributed by atoms with Crippen molar-refractivity contribution < 1.29 is 4.84 Å². The van der Waals surface area contributed by atoms with Crippen molar-refractivity contribution in [2.45, 2.75) is 47.0 Å². The number of benzene rings is 1. The number of rotatable bonds is 3. The van der Waals surface area contributed by atoms with Gasteiger partial charge in [0.15, 0.2) is 5.01 Å². The van der Waals surface area contributed by atoms with E-state index in [0.717, 1.165) is 23.7 Å². The van der Waals surface area contributed by atoms with E-state index in [1.807, 2.05) is 35.4 Å². The first kappa shape index (κ1) is 18.6. The van der Waals surface area contributed by atoms with Crippen molar-refractivity contribution >= 4 is 11.3 Å². The molecule has 1 aliphatic heterocycles. The Morgan fingerprint density at radius 2 is 1.50 bits per heavy atom. The van der Waals surface area contributed by atoms with Gasteiger partial charge in [-0.1, -0.05) is 80.9 Å². The Hall–Kier alpha value is -1.46. The molecule has 5 heteroatoms. The van der Waals surface area contributed by atoms with Crippen LogP contribution in [0.5, 0.6) is 5.19 Å². The second-order valence-corrected chi connectivity index (χ2v) is 5.97. The zero-order chi connectivity index (χ0) is 13.6. The first-order valence-electron chi connectivity index (χ1n) is 7.24. The van der Waals surface area contributed by atoms with Crippen molar-refractivity contribution in [1.29, 1.82) is 0 Å². The highest BCUT2D eigenvalue weighted by Crippen LogP contribution is 2.28. The van der Waals surface area contributed by atoms with E-state index in [9.17, 15) is 0 Å². The maximum absolute atomic E-state index is 5.87. The molecule has 0 atom stereocenters. The smallest absolute Gasteiger partial charge is 0.315 e. The maximum atomic E-state index is 5.87. The molecule has 3 rings (SSSR count). The lowest BCUT2D eigenvalue weighted by molar-refractivity contribution is -0.0640. The molecule has 122 valence electrons. The minimum atomic E-state index is 0. The molecule has 0 unspecified atom stereocenters. The Morgan fingerprint density at radius 3 is 2.18 bits per heavy atom. The molecule has 1 aliphatic rings. The van der Waals surface area contributed by atoms with Gasteiger partial charge in [-0.25, -0.2) is 0 Å². The molecule has 0 radical (unpaired) electrons. The standard InChI is InChI=1S/C15H19N3OS.2CH4/c1-2-7-11-18(12-8-3-1)19-15-17-16-14(20-15)13-9-5-4-6-10-13;;/h4-6,9-10H,1-3,7-8,11-12H2;2*1H4. The summed E-state index contributed by atoms with van der Waals surface area (Å²) in [7, 11) is 0. The van der Waals surface area contributed by atoms with E-state index in [1.54, 1.807) is 0 Å². The monoisotopic (exact) mass is 321 g/mol. The Bertz CT molecular complexity index is 522. The summed E-state index contributed by atoms with van der Waals surface area (Å²) < 4.78 is 0. The number of hydroxylamine groups is 2. The average Bonchev–Trinajstić information content (AvgIpc) is 2.91. The molecule has 2 aromatic rings. The van der Waals surface area contributed by atoms with E-state index < -0.39 is 0 Å². The van der Waals surface area contributed by atoms with E-state index in [1.165, 1.54) is 43.4 Å². The van der Waals surface area contributed by atoms with Crippen molar-refractivity contribution in [1.82, 2.24) is 15.3 Å². The number of aromatic nitrogens is 2. The molecular weight excluding hydrogens is 294 g/mol. The number of hydrogen-bond donors (Lipinski definition) is 0. The summed E-state index contributed by atoms with van der Waals surface area (Å²) in [4.78, 5) is 5.87. The molecule has 0 saturated carbocycles. The fourth-order valence-corrected chi connectivity index (χ4v) is 3.09. The van der Waals surface area contributed by atoms with E-state index in [4.69, 9.17) is 4.84 Å². The minimum absolute atomic E-state index is 0. The molecular formula is C17H27N3OS. The molecule has 4 nitrogen and oxygen atoms in total. The molecule has 1 fully saturated rings. The van der Waals surface area contributed by atoms with Crippen LogP contribution in [0.4, 0.5) is 0 Å². The minimum Gasteiger partial charge on any atom is -0.372 e. The SMILES string of the molecule is C.C.c1ccc(-c2nnc(ON3CCCCCCC3)s2)cc1. The highest BCUT2D eigenvalue weighted by atomic mass is 32.1. The van der Waals surface area contributed by atoms with Gasteiger partial charge in [-0.2, -0.15) is 0 Å². The molecule has 0 bridgehead atoms. The van der Waals surface area contributed by atoms with Crippen LogP contribution in [0.3, 0.4) is 0 Å². The predicted molar refractivity (Wildman–Crippen MR) is 94.1 cm³/mol. The van der Waals surface area contributed by atoms with Crippen LogP contribution in [0.15, 0.2) is 30.3 Å². The Labute approximate surface area is 138 Å². The van der Waals surface area contributed by atoms with Gasteiger partial charge in [-0.05, 0) is 12.8 Å². The average molecular weight is 321 g/mol. The molecule has 0 amide bonds. The second kappa shape index (κ2) is 9.54. The van der Waals surface area contributed by atoms with E-state index in [2.05, 4.69) is 10.2 Å². The summed E-state index contributed by atoms with van der Waals surface area (Å²) in [5, 5.41) is 11.9. The first-order chi connectivity index (χ1) is 9.92. The zero-order valence-corrected chi connectivity index (χ0v) is 12.3. The van der Waals surface area contributed by atoms with Gasteiger partial charge in [0.05, 0.1) is 0 Å². The molecule has 1 aromatic heterocycles. The van der Waals surface area contributed by atoms with Crippen molar-refractivity contribution in [2.24, 2.45) is 0 Å². The molecule has 0 spiro atoms. The van der Waals surface area contributed by atoms with Gasteiger partial charge in [-0.3, -0.25) is 0 Å². The van der Waals surface area contributed by atoms with Crippen LogP contribution in [-0.4, -0.2) is 28.4 Å². The summed E-state index contributed by atoms with van der Waals surface area (Å²) in [6, 6.07) is 10.1. The summed E-state index contributed by atoms with van der Waals surface area (Å²) in [6.45, 7) is 1.97. The van der Waals surface area contributed by atoms with E-state index in [0.29, 0.717) is 5.19 Å². The van der Waals surface area contributed by atoms with Gasteiger partial charge in [0.25, 0.3) is 0 Å². The first-order valence-corrected chi connectivity index (χ1v) is 8.05. The van der Waals surface area contributed by atoms with Crippen LogP contribution in [-0.2, 0) is 0 Å². The maximum Gasteiger partial charge on any atom is 0.315 e. The van der Waals surface area contributed by atoms with Crippen molar-refractivity contribution in [3.05, 3.63) is 30.3 Å². The highest BCUT2D eigenvalue weighted by molar-refractivity contribution is 7.16. The van der Waals surface area contributed by atoms with E-state index in [-0.39, 0.29) is 14.9 Å². The van der Waals surface area contributed by atoms with Gasteiger partial charge >= 0.3 is 5.19 Å². The lowest BCUT2D eigenvalue weighted by atomic mass is 10.1. The van der Waals surface area contributed by atoms with Gasteiger partial charge in [0, 0.05) is 18.7 Å². The molecule has 2 heterocycles. The normalized spacial score (nSPS) is 15.8. The zero-order valence-electron chi connectivity index (χ0n) is 11.5. The largest absolute Gasteiger partial charge is 0.372 e. The molecule has 0 aliphatic carbocycles.